The van der Waals surface area contributed by atoms with Crippen molar-refractivity contribution in [2.75, 3.05) is 10.6 Å². The molecule has 1 heterocycles. The first-order chi connectivity index (χ1) is 12.6. The molecule has 0 spiro atoms. The molecule has 1 amide bonds. The predicted molar refractivity (Wildman–Crippen MR) is 106 cm³/mol. The zero-order valence-corrected chi connectivity index (χ0v) is 15.5. The summed E-state index contributed by atoms with van der Waals surface area (Å²) in [7, 11) is 0. The average Bonchev–Trinajstić information content (AvgIpc) is 2.66. The summed E-state index contributed by atoms with van der Waals surface area (Å²) in [5, 5.41) is 6.52. The Morgan fingerprint density at radius 2 is 1.69 bits per heavy atom. The molecule has 2 N–H and O–H groups in total. The quantitative estimate of drug-likeness (QED) is 0.620. The van der Waals surface area contributed by atoms with Gasteiger partial charge in [0.2, 0.25) is 5.95 Å². The highest BCUT2D eigenvalue weighted by atomic mass is 35.5. The van der Waals surface area contributed by atoms with Gasteiger partial charge in [-0.15, -0.1) is 0 Å². The Kier molecular flexibility index (Phi) is 5.71. The summed E-state index contributed by atoms with van der Waals surface area (Å²) in [6.45, 7) is 2.08. The minimum atomic E-state index is -0.366. The number of aryl methyl sites for hydroxylation is 1. The normalized spacial score (nSPS) is 10.4. The van der Waals surface area contributed by atoms with E-state index in [-0.39, 0.29) is 10.9 Å². The van der Waals surface area contributed by atoms with Crippen LogP contribution in [0.5, 0.6) is 0 Å². The van der Waals surface area contributed by atoms with Crippen molar-refractivity contribution in [1.82, 2.24) is 9.97 Å². The van der Waals surface area contributed by atoms with Crippen LogP contribution >= 0.6 is 23.2 Å². The number of nitrogens with one attached hydrogen (secondary N) is 2. The minimum Gasteiger partial charge on any atom is -0.324 e. The van der Waals surface area contributed by atoms with E-state index in [4.69, 9.17) is 23.2 Å². The van der Waals surface area contributed by atoms with Crippen LogP contribution in [0.1, 0.15) is 22.8 Å². The van der Waals surface area contributed by atoms with Crippen molar-refractivity contribution in [2.24, 2.45) is 0 Å². The van der Waals surface area contributed by atoms with Gasteiger partial charge in [-0.3, -0.25) is 4.79 Å². The van der Waals surface area contributed by atoms with Crippen molar-refractivity contribution in [2.45, 2.75) is 13.3 Å². The van der Waals surface area contributed by atoms with Crippen molar-refractivity contribution < 1.29 is 4.79 Å². The monoisotopic (exact) mass is 386 g/mol. The first-order valence-electron chi connectivity index (χ1n) is 8.01. The van der Waals surface area contributed by atoms with Gasteiger partial charge in [0.05, 0.1) is 21.3 Å². The molecule has 26 heavy (non-hydrogen) atoms. The molecule has 0 aliphatic heterocycles. The van der Waals surface area contributed by atoms with Gasteiger partial charge in [-0.1, -0.05) is 54.4 Å². The third-order valence-corrected chi connectivity index (χ3v) is 4.58. The summed E-state index contributed by atoms with van der Waals surface area (Å²) < 4.78 is 0. The SMILES string of the molecule is CCc1ccccc1Nc1ncc(C(=O)Nc2cccc(Cl)c2Cl)cn1. The topological polar surface area (TPSA) is 66.9 Å². The second kappa shape index (κ2) is 8.17. The Bertz CT molecular complexity index is 929. The fourth-order valence-electron chi connectivity index (χ4n) is 2.38. The Labute approximate surface area is 161 Å². The number of hydrogen-bond donors (Lipinski definition) is 2. The van der Waals surface area contributed by atoms with E-state index in [0.29, 0.717) is 22.2 Å². The van der Waals surface area contributed by atoms with E-state index in [1.165, 1.54) is 12.4 Å². The number of amides is 1. The highest BCUT2D eigenvalue weighted by Gasteiger charge is 2.11. The van der Waals surface area contributed by atoms with Gasteiger partial charge in [0.25, 0.3) is 5.91 Å². The molecule has 3 rings (SSSR count). The molecule has 132 valence electrons. The number of nitrogens with zero attached hydrogens (tertiary/aromatic N) is 2. The third-order valence-electron chi connectivity index (χ3n) is 3.76. The van der Waals surface area contributed by atoms with Crippen LogP contribution in [0, 0.1) is 0 Å². The standard InChI is InChI=1S/C19H16Cl2N4O/c1-2-12-6-3-4-8-15(12)25-19-22-10-13(11-23-19)18(26)24-16-9-5-7-14(20)17(16)21/h3-11H,2H2,1H3,(H,24,26)(H,22,23,25). The van der Waals surface area contributed by atoms with Crippen LogP contribution in [0.4, 0.5) is 17.3 Å². The van der Waals surface area contributed by atoms with Gasteiger partial charge in [-0.05, 0) is 30.2 Å². The van der Waals surface area contributed by atoms with E-state index >= 15 is 0 Å². The number of hydrogen-bond acceptors (Lipinski definition) is 4. The zero-order chi connectivity index (χ0) is 18.5. The average molecular weight is 387 g/mol. The fourth-order valence-corrected chi connectivity index (χ4v) is 2.72. The van der Waals surface area contributed by atoms with Crippen LogP contribution in [0.2, 0.25) is 10.0 Å². The third kappa shape index (κ3) is 4.12. The number of para-hydroxylation sites is 1. The number of carbonyl (C=O) groups is 1. The van der Waals surface area contributed by atoms with E-state index in [9.17, 15) is 4.79 Å². The van der Waals surface area contributed by atoms with Crippen molar-refractivity contribution in [3.8, 4) is 0 Å². The van der Waals surface area contributed by atoms with Crippen LogP contribution in [0.3, 0.4) is 0 Å². The van der Waals surface area contributed by atoms with E-state index in [2.05, 4.69) is 27.5 Å². The molecular formula is C19H16Cl2N4O. The fraction of sp³-hybridized carbons (Fsp3) is 0.105. The molecule has 0 aliphatic rings. The number of benzene rings is 2. The first-order valence-corrected chi connectivity index (χ1v) is 8.76. The van der Waals surface area contributed by atoms with Crippen LogP contribution in [-0.2, 0) is 6.42 Å². The molecule has 0 atom stereocenters. The first kappa shape index (κ1) is 18.2. The molecule has 0 radical (unpaired) electrons. The second-order valence-electron chi connectivity index (χ2n) is 5.49. The van der Waals surface area contributed by atoms with Crippen molar-refractivity contribution in [3.63, 3.8) is 0 Å². The second-order valence-corrected chi connectivity index (χ2v) is 6.27. The highest BCUT2D eigenvalue weighted by Crippen LogP contribution is 2.29. The number of anilines is 3. The Hall–Kier alpha value is -2.63. The summed E-state index contributed by atoms with van der Waals surface area (Å²) >= 11 is 12.0. The molecule has 5 nitrogen and oxygen atoms in total. The van der Waals surface area contributed by atoms with Gasteiger partial charge in [0.15, 0.2) is 0 Å². The summed E-state index contributed by atoms with van der Waals surface area (Å²) in [6.07, 6.45) is 3.80. The van der Waals surface area contributed by atoms with Gasteiger partial charge < -0.3 is 10.6 Å². The van der Waals surface area contributed by atoms with Crippen LogP contribution in [0.15, 0.2) is 54.9 Å². The molecule has 0 saturated heterocycles. The molecule has 0 bridgehead atoms. The number of halogens is 2. The number of aromatic nitrogens is 2. The molecule has 1 aromatic heterocycles. The summed E-state index contributed by atoms with van der Waals surface area (Å²) in [5.74, 6) is 0.0536. The van der Waals surface area contributed by atoms with Crippen molar-refractivity contribution >= 4 is 46.4 Å². The van der Waals surface area contributed by atoms with E-state index in [1.54, 1.807) is 18.2 Å². The molecular weight excluding hydrogens is 371 g/mol. The number of rotatable bonds is 5. The molecule has 7 heteroatoms. The van der Waals surface area contributed by atoms with Gasteiger partial charge in [-0.2, -0.15) is 0 Å². The predicted octanol–water partition coefficient (Wildman–Crippen LogP) is 5.34. The lowest BCUT2D eigenvalue weighted by Crippen LogP contribution is -2.13. The van der Waals surface area contributed by atoms with E-state index < -0.39 is 0 Å². The molecule has 0 fully saturated rings. The lowest BCUT2D eigenvalue weighted by Gasteiger charge is -2.10. The van der Waals surface area contributed by atoms with Crippen LogP contribution in [0.25, 0.3) is 0 Å². The minimum absolute atomic E-state index is 0.290. The van der Waals surface area contributed by atoms with Gasteiger partial charge >= 0.3 is 0 Å². The highest BCUT2D eigenvalue weighted by molar-refractivity contribution is 6.44. The van der Waals surface area contributed by atoms with E-state index in [1.807, 2.05) is 24.3 Å². The molecule has 0 aliphatic carbocycles. The molecule has 0 saturated carbocycles. The maximum atomic E-state index is 12.3. The summed E-state index contributed by atoms with van der Waals surface area (Å²) in [5.41, 5.74) is 2.85. The van der Waals surface area contributed by atoms with Gasteiger partial charge in [0.1, 0.15) is 0 Å². The molecule has 2 aromatic carbocycles. The summed E-state index contributed by atoms with van der Waals surface area (Å²) in [6, 6.07) is 13.0. The lowest BCUT2D eigenvalue weighted by atomic mass is 10.1. The zero-order valence-electron chi connectivity index (χ0n) is 14.0. The molecule has 3 aromatic rings. The maximum Gasteiger partial charge on any atom is 0.258 e. The largest absolute Gasteiger partial charge is 0.324 e. The van der Waals surface area contributed by atoms with Crippen LogP contribution in [-0.4, -0.2) is 15.9 Å². The van der Waals surface area contributed by atoms with Crippen LogP contribution < -0.4 is 10.6 Å². The lowest BCUT2D eigenvalue weighted by molar-refractivity contribution is 0.102. The maximum absolute atomic E-state index is 12.3. The van der Waals surface area contributed by atoms with E-state index in [0.717, 1.165) is 17.7 Å². The smallest absolute Gasteiger partial charge is 0.258 e. The Morgan fingerprint density at radius 1 is 1.00 bits per heavy atom. The van der Waals surface area contributed by atoms with Crippen molar-refractivity contribution in [1.29, 1.82) is 0 Å². The van der Waals surface area contributed by atoms with Gasteiger partial charge in [-0.25, -0.2) is 9.97 Å². The molecule has 0 unspecified atom stereocenters. The van der Waals surface area contributed by atoms with Gasteiger partial charge in [0, 0.05) is 18.1 Å². The Balaban J connectivity index is 1.73. The summed E-state index contributed by atoms with van der Waals surface area (Å²) in [4.78, 5) is 20.8. The Morgan fingerprint density at radius 3 is 2.42 bits per heavy atom. The number of carbonyl (C=O) groups excluding carboxylic acids is 1. The van der Waals surface area contributed by atoms with Crippen molar-refractivity contribution in [3.05, 3.63) is 76.0 Å².